The Morgan fingerprint density at radius 3 is 3.08 bits per heavy atom. The van der Waals surface area contributed by atoms with Crippen LogP contribution in [0, 0.1) is 5.92 Å². The Morgan fingerprint density at radius 2 is 2.29 bits per heavy atom. The molecule has 1 fully saturated rings. The maximum Gasteiger partial charge on any atom is 0.410 e. The number of rotatable bonds is 1. The number of carbonyl (C=O) groups is 1. The van der Waals surface area contributed by atoms with Crippen LogP contribution in [-0.2, 0) is 11.8 Å². The van der Waals surface area contributed by atoms with Crippen molar-refractivity contribution in [2.45, 2.75) is 36.5 Å². The Bertz CT molecular complexity index is 777. The van der Waals surface area contributed by atoms with Crippen LogP contribution >= 0.6 is 0 Å². The maximum atomic E-state index is 11.2. The lowest BCUT2D eigenvalue weighted by atomic mass is 9.53. The van der Waals surface area contributed by atoms with Gasteiger partial charge in [-0.1, -0.05) is 18.2 Å². The summed E-state index contributed by atoms with van der Waals surface area (Å²) >= 11 is 0. The number of piperidine rings is 1. The van der Waals surface area contributed by atoms with Gasteiger partial charge < -0.3 is 25.2 Å². The van der Waals surface area contributed by atoms with Crippen LogP contribution in [0.4, 0.5) is 4.79 Å². The SMILES string of the molecule is CN1CC[C@]23c4c5ccc(OC(N)=O)c4O[C@H]2[C@@H](O)C=C[C@H]3[C@H]1C5. The minimum Gasteiger partial charge on any atom is -0.482 e. The number of ether oxygens (including phenoxy) is 2. The number of aliphatic hydroxyl groups is 1. The monoisotopic (exact) mass is 328 g/mol. The second-order valence-electron chi connectivity index (χ2n) is 7.33. The molecule has 2 aliphatic heterocycles. The lowest BCUT2D eigenvalue weighted by Crippen LogP contribution is -2.64. The van der Waals surface area contributed by atoms with Crippen molar-refractivity contribution in [3.8, 4) is 11.5 Å². The van der Waals surface area contributed by atoms with E-state index in [1.165, 1.54) is 5.56 Å². The normalized spacial score (nSPS) is 38.4. The van der Waals surface area contributed by atoms with E-state index in [0.717, 1.165) is 24.9 Å². The Labute approximate surface area is 139 Å². The zero-order valence-corrected chi connectivity index (χ0v) is 13.4. The second-order valence-corrected chi connectivity index (χ2v) is 7.33. The zero-order valence-electron chi connectivity index (χ0n) is 13.4. The number of benzene rings is 1. The molecule has 24 heavy (non-hydrogen) atoms. The number of nitrogens with zero attached hydrogens (tertiary/aromatic N) is 1. The van der Waals surface area contributed by atoms with E-state index < -0.39 is 12.2 Å². The molecule has 2 heterocycles. The average Bonchev–Trinajstić information content (AvgIpc) is 2.89. The lowest BCUT2D eigenvalue weighted by molar-refractivity contribution is -0.0452. The fourth-order valence-corrected chi connectivity index (χ4v) is 5.42. The molecule has 6 nitrogen and oxygen atoms in total. The first-order chi connectivity index (χ1) is 11.5. The van der Waals surface area contributed by atoms with Crippen LogP contribution in [0.2, 0.25) is 0 Å². The van der Waals surface area contributed by atoms with Gasteiger partial charge in [-0.15, -0.1) is 0 Å². The van der Waals surface area contributed by atoms with Crippen LogP contribution in [0.1, 0.15) is 17.5 Å². The van der Waals surface area contributed by atoms with Crippen LogP contribution in [0.3, 0.4) is 0 Å². The van der Waals surface area contributed by atoms with Crippen LogP contribution in [-0.4, -0.2) is 47.9 Å². The van der Waals surface area contributed by atoms with Gasteiger partial charge in [0.25, 0.3) is 0 Å². The summed E-state index contributed by atoms with van der Waals surface area (Å²) in [5.74, 6) is 1.24. The van der Waals surface area contributed by atoms with Gasteiger partial charge >= 0.3 is 6.09 Å². The van der Waals surface area contributed by atoms with Crippen molar-refractivity contribution in [3.05, 3.63) is 35.4 Å². The van der Waals surface area contributed by atoms with Crippen LogP contribution in [0.25, 0.3) is 0 Å². The standard InChI is InChI=1S/C18H20N2O4/c1-20-7-6-18-10-3-4-12(21)16(18)24-15-13(23-17(19)22)5-2-9(14(15)18)8-11(10)20/h2-5,10-12,16,21H,6-8H2,1H3,(H2,19,22)/t10-,11+,12-,16-,18-/m0/s1. The molecule has 0 radical (unpaired) electrons. The molecule has 2 bridgehead atoms. The minimum absolute atomic E-state index is 0.245. The van der Waals surface area contributed by atoms with Crippen molar-refractivity contribution in [2.75, 3.05) is 13.6 Å². The molecule has 3 N–H and O–H groups in total. The van der Waals surface area contributed by atoms with Gasteiger partial charge in [0, 0.05) is 22.9 Å². The molecular formula is C18H20N2O4. The molecule has 1 spiro atoms. The molecular weight excluding hydrogens is 308 g/mol. The van der Waals surface area contributed by atoms with Crippen molar-refractivity contribution in [1.29, 1.82) is 0 Å². The molecule has 1 aromatic rings. The quantitative estimate of drug-likeness (QED) is 0.750. The molecule has 1 saturated heterocycles. The molecule has 0 aromatic heterocycles. The van der Waals surface area contributed by atoms with Crippen molar-refractivity contribution >= 4 is 6.09 Å². The van der Waals surface area contributed by atoms with E-state index in [1.807, 2.05) is 12.1 Å². The number of likely N-dealkylation sites (tertiary alicyclic amines) is 1. The molecule has 2 aliphatic carbocycles. The molecule has 0 saturated carbocycles. The summed E-state index contributed by atoms with van der Waals surface area (Å²) in [4.78, 5) is 13.6. The van der Waals surface area contributed by atoms with E-state index in [9.17, 15) is 9.90 Å². The molecule has 126 valence electrons. The van der Waals surface area contributed by atoms with E-state index in [1.54, 1.807) is 6.07 Å². The Morgan fingerprint density at radius 1 is 1.46 bits per heavy atom. The van der Waals surface area contributed by atoms with E-state index in [4.69, 9.17) is 15.2 Å². The third-order valence-corrected chi connectivity index (χ3v) is 6.34. The first kappa shape index (κ1) is 14.3. The molecule has 5 rings (SSSR count). The van der Waals surface area contributed by atoms with Gasteiger partial charge in [0.1, 0.15) is 12.2 Å². The lowest BCUT2D eigenvalue weighted by Gasteiger charge is -2.56. The number of hydrogen-bond acceptors (Lipinski definition) is 5. The third-order valence-electron chi connectivity index (χ3n) is 6.34. The number of nitrogens with two attached hydrogens (primary N) is 1. The number of aliphatic hydroxyl groups excluding tert-OH is 1. The molecule has 5 atom stereocenters. The molecule has 4 aliphatic rings. The van der Waals surface area contributed by atoms with Gasteiger partial charge in [0.05, 0.1) is 0 Å². The summed E-state index contributed by atoms with van der Waals surface area (Å²) in [5.41, 5.74) is 7.30. The minimum atomic E-state index is -0.852. The Balaban J connectivity index is 1.76. The summed E-state index contributed by atoms with van der Waals surface area (Å²) in [6.45, 7) is 0.960. The second kappa shape index (κ2) is 4.52. The fraction of sp³-hybridized carbons (Fsp3) is 0.500. The van der Waals surface area contributed by atoms with Gasteiger partial charge in [0.2, 0.25) is 0 Å². The highest BCUT2D eigenvalue weighted by molar-refractivity contribution is 5.71. The van der Waals surface area contributed by atoms with E-state index in [-0.39, 0.29) is 11.5 Å². The van der Waals surface area contributed by atoms with E-state index in [2.05, 4.69) is 18.0 Å². The van der Waals surface area contributed by atoms with Crippen molar-refractivity contribution in [3.63, 3.8) is 0 Å². The van der Waals surface area contributed by atoms with Crippen molar-refractivity contribution in [2.24, 2.45) is 11.7 Å². The largest absolute Gasteiger partial charge is 0.482 e. The summed E-state index contributed by atoms with van der Waals surface area (Å²) in [5, 5.41) is 10.6. The highest BCUT2D eigenvalue weighted by atomic mass is 16.6. The first-order valence-corrected chi connectivity index (χ1v) is 8.39. The number of amides is 1. The van der Waals surface area contributed by atoms with Crippen LogP contribution < -0.4 is 15.2 Å². The molecule has 1 amide bonds. The van der Waals surface area contributed by atoms with E-state index >= 15 is 0 Å². The molecule has 0 unspecified atom stereocenters. The topological polar surface area (TPSA) is 85.0 Å². The highest BCUT2D eigenvalue weighted by Crippen LogP contribution is 2.62. The van der Waals surface area contributed by atoms with Crippen LogP contribution in [0.15, 0.2) is 24.3 Å². The summed E-state index contributed by atoms with van der Waals surface area (Å²) < 4.78 is 11.4. The fourth-order valence-electron chi connectivity index (χ4n) is 5.42. The molecule has 6 heteroatoms. The van der Waals surface area contributed by atoms with Gasteiger partial charge in [-0.3, -0.25) is 0 Å². The van der Waals surface area contributed by atoms with Crippen molar-refractivity contribution in [1.82, 2.24) is 4.90 Å². The zero-order chi connectivity index (χ0) is 16.6. The van der Waals surface area contributed by atoms with Gasteiger partial charge in [-0.05, 0) is 38.1 Å². The summed E-state index contributed by atoms with van der Waals surface area (Å²) in [6, 6.07) is 4.16. The number of primary amides is 1. The van der Waals surface area contributed by atoms with E-state index in [0.29, 0.717) is 23.5 Å². The first-order valence-electron chi connectivity index (χ1n) is 8.39. The Hall–Kier alpha value is -2.05. The summed E-state index contributed by atoms with van der Waals surface area (Å²) in [6.07, 6.45) is 4.00. The van der Waals surface area contributed by atoms with Crippen molar-refractivity contribution < 1.29 is 19.4 Å². The van der Waals surface area contributed by atoms with Gasteiger partial charge in [-0.2, -0.15) is 0 Å². The number of carbonyl (C=O) groups excluding carboxylic acids is 1. The van der Waals surface area contributed by atoms with Crippen LogP contribution in [0.5, 0.6) is 11.5 Å². The smallest absolute Gasteiger partial charge is 0.410 e. The predicted molar refractivity (Wildman–Crippen MR) is 86.1 cm³/mol. The number of hydrogen-bond donors (Lipinski definition) is 2. The molecule has 1 aromatic carbocycles. The highest BCUT2D eigenvalue weighted by Gasteiger charge is 2.64. The maximum absolute atomic E-state index is 11.2. The summed E-state index contributed by atoms with van der Waals surface area (Å²) in [7, 11) is 2.16. The Kier molecular flexibility index (Phi) is 2.69. The van der Waals surface area contributed by atoms with Gasteiger partial charge in [-0.25, -0.2) is 4.79 Å². The van der Waals surface area contributed by atoms with Gasteiger partial charge in [0.15, 0.2) is 11.5 Å². The average molecular weight is 328 g/mol. The number of likely N-dealkylation sites (N-methyl/N-ethyl adjacent to an activating group) is 1. The third kappa shape index (κ3) is 1.55. The predicted octanol–water partition coefficient (Wildman–Crippen LogP) is 0.950.